The molecule has 0 aromatic rings. The number of guanidine groups is 1. The van der Waals surface area contributed by atoms with Gasteiger partial charge in [-0.25, -0.2) is 0 Å². The lowest BCUT2D eigenvalue weighted by atomic mass is 9.73. The van der Waals surface area contributed by atoms with Crippen LogP contribution in [0.2, 0.25) is 0 Å². The van der Waals surface area contributed by atoms with Crippen LogP contribution in [-0.4, -0.2) is 24.5 Å². The molecule has 0 aromatic heterocycles. The minimum absolute atomic E-state index is 0.0589. The second-order valence-corrected chi connectivity index (χ2v) is 8.45. The summed E-state index contributed by atoms with van der Waals surface area (Å²) in [6.07, 6.45) is 17.9. The topological polar surface area (TPSA) is 53.5 Å². The standard InChI is InChI=1S/C20H35N3O/c1-21-19-22-18(24)15-20(23-19,14-17-10-6-3-7-11-17)13-12-16-8-4-2-5-9-16/h16-17H,2-15H2,1H3,(H2,21,22,23,24). The molecule has 3 rings (SSSR count). The number of nitrogens with zero attached hydrogens (tertiary/aromatic N) is 1. The van der Waals surface area contributed by atoms with Crippen LogP contribution in [-0.2, 0) is 4.79 Å². The van der Waals surface area contributed by atoms with Crippen molar-refractivity contribution in [2.45, 2.75) is 95.4 Å². The summed E-state index contributed by atoms with van der Waals surface area (Å²) in [5.41, 5.74) is -0.0589. The summed E-state index contributed by atoms with van der Waals surface area (Å²) >= 11 is 0. The van der Waals surface area contributed by atoms with Crippen molar-refractivity contribution in [3.63, 3.8) is 0 Å². The number of aliphatic imine (C=N–C) groups is 1. The van der Waals surface area contributed by atoms with Crippen LogP contribution < -0.4 is 10.6 Å². The van der Waals surface area contributed by atoms with E-state index >= 15 is 0 Å². The maximum absolute atomic E-state index is 12.3. The predicted molar refractivity (Wildman–Crippen MR) is 99.0 cm³/mol. The Kier molecular flexibility index (Phi) is 6.18. The second kappa shape index (κ2) is 8.35. The van der Waals surface area contributed by atoms with E-state index < -0.39 is 0 Å². The molecule has 2 N–H and O–H groups in total. The van der Waals surface area contributed by atoms with Crippen molar-refractivity contribution in [1.82, 2.24) is 10.6 Å². The van der Waals surface area contributed by atoms with Crippen LogP contribution in [0.3, 0.4) is 0 Å². The molecule has 0 aromatic carbocycles. The van der Waals surface area contributed by atoms with Gasteiger partial charge in [-0.05, 0) is 31.1 Å². The molecule has 1 saturated heterocycles. The lowest BCUT2D eigenvalue weighted by Crippen LogP contribution is -2.62. The summed E-state index contributed by atoms with van der Waals surface area (Å²) in [5, 5.41) is 6.55. The fraction of sp³-hybridized carbons (Fsp3) is 0.900. The van der Waals surface area contributed by atoms with Gasteiger partial charge in [0.05, 0.1) is 6.42 Å². The van der Waals surface area contributed by atoms with Gasteiger partial charge in [-0.1, -0.05) is 64.2 Å². The Hall–Kier alpha value is -1.06. The maximum Gasteiger partial charge on any atom is 0.229 e. The van der Waals surface area contributed by atoms with E-state index in [1.807, 2.05) is 0 Å². The maximum atomic E-state index is 12.3. The first-order valence-corrected chi connectivity index (χ1v) is 10.2. The van der Waals surface area contributed by atoms with Gasteiger partial charge in [0.2, 0.25) is 5.91 Å². The zero-order valence-electron chi connectivity index (χ0n) is 15.4. The van der Waals surface area contributed by atoms with Gasteiger partial charge < -0.3 is 5.32 Å². The van der Waals surface area contributed by atoms with Crippen molar-refractivity contribution in [2.24, 2.45) is 16.8 Å². The number of hydrogen-bond donors (Lipinski definition) is 2. The Morgan fingerprint density at radius 2 is 1.62 bits per heavy atom. The molecule has 0 bridgehead atoms. The van der Waals surface area contributed by atoms with E-state index in [2.05, 4.69) is 15.6 Å². The van der Waals surface area contributed by atoms with Crippen LogP contribution in [0.1, 0.15) is 89.9 Å². The Morgan fingerprint density at radius 3 is 2.25 bits per heavy atom. The zero-order chi connectivity index (χ0) is 16.8. The lowest BCUT2D eigenvalue weighted by molar-refractivity contribution is -0.122. The highest BCUT2D eigenvalue weighted by atomic mass is 16.2. The summed E-state index contributed by atoms with van der Waals surface area (Å²) in [6, 6.07) is 0. The minimum Gasteiger partial charge on any atom is -0.350 e. The van der Waals surface area contributed by atoms with E-state index in [-0.39, 0.29) is 11.4 Å². The van der Waals surface area contributed by atoms with Crippen molar-refractivity contribution < 1.29 is 4.79 Å². The van der Waals surface area contributed by atoms with Crippen molar-refractivity contribution in [3.8, 4) is 0 Å². The minimum atomic E-state index is -0.0589. The Morgan fingerprint density at radius 1 is 1.00 bits per heavy atom. The summed E-state index contributed by atoms with van der Waals surface area (Å²) < 4.78 is 0. The van der Waals surface area contributed by atoms with E-state index in [0.717, 1.165) is 24.7 Å². The van der Waals surface area contributed by atoms with Crippen molar-refractivity contribution in [2.75, 3.05) is 7.05 Å². The van der Waals surface area contributed by atoms with Gasteiger partial charge in [0.15, 0.2) is 5.96 Å². The van der Waals surface area contributed by atoms with E-state index in [1.54, 1.807) is 7.05 Å². The van der Waals surface area contributed by atoms with Gasteiger partial charge in [-0.3, -0.25) is 15.1 Å². The van der Waals surface area contributed by atoms with Crippen molar-refractivity contribution in [1.29, 1.82) is 0 Å². The average Bonchev–Trinajstić information content (AvgIpc) is 2.61. The van der Waals surface area contributed by atoms with Crippen molar-refractivity contribution >= 4 is 11.9 Å². The monoisotopic (exact) mass is 333 g/mol. The van der Waals surface area contributed by atoms with E-state index in [1.165, 1.54) is 70.6 Å². The van der Waals surface area contributed by atoms with Gasteiger partial charge in [0.1, 0.15) is 0 Å². The molecule has 1 aliphatic heterocycles. The highest BCUT2D eigenvalue weighted by molar-refractivity contribution is 6.00. The highest BCUT2D eigenvalue weighted by Gasteiger charge is 2.40. The molecular formula is C20H35N3O. The van der Waals surface area contributed by atoms with Crippen LogP contribution in [0, 0.1) is 11.8 Å². The van der Waals surface area contributed by atoms with Crippen LogP contribution in [0.25, 0.3) is 0 Å². The largest absolute Gasteiger partial charge is 0.350 e. The Bertz CT molecular complexity index is 450. The van der Waals surface area contributed by atoms with E-state index in [9.17, 15) is 4.79 Å². The number of rotatable bonds is 5. The van der Waals surface area contributed by atoms with Crippen LogP contribution in [0.4, 0.5) is 0 Å². The van der Waals surface area contributed by atoms with Crippen LogP contribution in [0.15, 0.2) is 4.99 Å². The normalized spacial score (nSPS) is 31.7. The third-order valence-corrected chi connectivity index (χ3v) is 6.52. The molecule has 0 spiro atoms. The van der Waals surface area contributed by atoms with Gasteiger partial charge in [-0.15, -0.1) is 0 Å². The molecule has 4 heteroatoms. The molecule has 0 radical (unpaired) electrons. The quantitative estimate of drug-likeness (QED) is 0.794. The molecule has 1 amide bonds. The third kappa shape index (κ3) is 4.73. The SMILES string of the molecule is CN=C1NC(=O)CC(CCC2CCCCC2)(CC2CCCCC2)N1. The molecule has 1 heterocycles. The molecular weight excluding hydrogens is 298 g/mol. The van der Waals surface area contributed by atoms with Gasteiger partial charge in [0.25, 0.3) is 0 Å². The first-order valence-electron chi connectivity index (χ1n) is 10.2. The highest BCUT2D eigenvalue weighted by Crippen LogP contribution is 2.37. The fourth-order valence-electron chi connectivity index (χ4n) is 5.20. The summed E-state index contributed by atoms with van der Waals surface area (Å²) in [6.45, 7) is 0. The smallest absolute Gasteiger partial charge is 0.229 e. The number of carbonyl (C=O) groups excluding carboxylic acids is 1. The Labute approximate surface area is 147 Å². The zero-order valence-corrected chi connectivity index (χ0v) is 15.4. The lowest BCUT2D eigenvalue weighted by Gasteiger charge is -2.43. The molecule has 3 fully saturated rings. The van der Waals surface area contributed by atoms with Gasteiger partial charge >= 0.3 is 0 Å². The first kappa shape index (κ1) is 17.8. The molecule has 2 saturated carbocycles. The second-order valence-electron chi connectivity index (χ2n) is 8.45. The molecule has 1 atom stereocenters. The molecule has 24 heavy (non-hydrogen) atoms. The molecule has 136 valence electrons. The van der Waals surface area contributed by atoms with E-state index in [0.29, 0.717) is 12.4 Å². The Balaban J connectivity index is 1.67. The number of amides is 1. The average molecular weight is 334 g/mol. The molecule has 4 nitrogen and oxygen atoms in total. The predicted octanol–water partition coefficient (Wildman–Crippen LogP) is 4.15. The summed E-state index contributed by atoms with van der Waals surface area (Å²) in [5.74, 6) is 2.48. The van der Waals surface area contributed by atoms with E-state index in [4.69, 9.17) is 0 Å². The van der Waals surface area contributed by atoms with Gasteiger partial charge in [0, 0.05) is 12.6 Å². The number of nitrogens with one attached hydrogen (secondary N) is 2. The van der Waals surface area contributed by atoms with Crippen LogP contribution >= 0.6 is 0 Å². The molecule has 1 unspecified atom stereocenters. The molecule has 3 aliphatic rings. The van der Waals surface area contributed by atoms with Crippen molar-refractivity contribution in [3.05, 3.63) is 0 Å². The van der Waals surface area contributed by atoms with Crippen LogP contribution in [0.5, 0.6) is 0 Å². The first-order chi connectivity index (χ1) is 11.7. The molecule has 2 aliphatic carbocycles. The number of carbonyl (C=O) groups is 1. The third-order valence-electron chi connectivity index (χ3n) is 6.52. The fourth-order valence-corrected chi connectivity index (χ4v) is 5.20. The number of hydrogen-bond acceptors (Lipinski definition) is 2. The van der Waals surface area contributed by atoms with Gasteiger partial charge in [-0.2, -0.15) is 0 Å². The summed E-state index contributed by atoms with van der Waals surface area (Å²) in [4.78, 5) is 16.6. The summed E-state index contributed by atoms with van der Waals surface area (Å²) in [7, 11) is 1.76.